The van der Waals surface area contributed by atoms with Gasteiger partial charge in [0.2, 0.25) is 6.10 Å². The number of hydrogen-bond acceptors (Lipinski definition) is 2. The topological polar surface area (TPSA) is 38.3 Å². The molecule has 1 atom stereocenters. The summed E-state index contributed by atoms with van der Waals surface area (Å²) < 4.78 is 6.76. The van der Waals surface area contributed by atoms with Crippen molar-refractivity contribution in [3.63, 3.8) is 0 Å². The number of anilines is 1. The molecule has 1 N–H and O–H groups in total. The SMILES string of the molecule is CC(C)c1ccc(C2Oc3ccc(Br)cc3NC2=O)cc1. The molecule has 0 fully saturated rings. The van der Waals surface area contributed by atoms with E-state index in [0.717, 1.165) is 10.0 Å². The summed E-state index contributed by atoms with van der Waals surface area (Å²) in [6, 6.07) is 13.6. The molecular formula is C17H16BrNO2. The zero-order chi connectivity index (χ0) is 15.0. The molecule has 0 saturated heterocycles. The maximum absolute atomic E-state index is 12.2. The molecule has 108 valence electrons. The summed E-state index contributed by atoms with van der Waals surface area (Å²) in [6.45, 7) is 4.29. The van der Waals surface area contributed by atoms with Crippen LogP contribution in [0.3, 0.4) is 0 Å². The minimum Gasteiger partial charge on any atom is -0.474 e. The summed E-state index contributed by atoms with van der Waals surface area (Å²) in [5.41, 5.74) is 2.81. The Morgan fingerprint density at radius 2 is 1.86 bits per heavy atom. The Hall–Kier alpha value is -1.81. The number of fused-ring (bicyclic) bond motifs is 1. The van der Waals surface area contributed by atoms with Gasteiger partial charge in [-0.2, -0.15) is 0 Å². The van der Waals surface area contributed by atoms with Crippen molar-refractivity contribution in [1.29, 1.82) is 0 Å². The van der Waals surface area contributed by atoms with E-state index in [0.29, 0.717) is 17.4 Å². The molecular weight excluding hydrogens is 330 g/mol. The molecule has 0 bridgehead atoms. The highest BCUT2D eigenvalue weighted by molar-refractivity contribution is 9.10. The van der Waals surface area contributed by atoms with E-state index in [-0.39, 0.29) is 5.91 Å². The molecule has 3 rings (SSSR count). The Kier molecular flexibility index (Phi) is 3.72. The fourth-order valence-electron chi connectivity index (χ4n) is 2.36. The van der Waals surface area contributed by atoms with Crippen LogP contribution in [0.15, 0.2) is 46.9 Å². The van der Waals surface area contributed by atoms with E-state index in [2.05, 4.69) is 35.1 Å². The number of carbonyl (C=O) groups excluding carboxylic acids is 1. The molecule has 0 radical (unpaired) electrons. The molecule has 1 aliphatic rings. The van der Waals surface area contributed by atoms with Gasteiger partial charge in [-0.15, -0.1) is 0 Å². The average molecular weight is 346 g/mol. The largest absolute Gasteiger partial charge is 0.474 e. The second kappa shape index (κ2) is 5.53. The minimum absolute atomic E-state index is 0.141. The smallest absolute Gasteiger partial charge is 0.270 e. The number of halogens is 1. The van der Waals surface area contributed by atoms with Crippen LogP contribution in [-0.2, 0) is 4.79 Å². The van der Waals surface area contributed by atoms with Crippen LogP contribution in [0, 0.1) is 0 Å². The van der Waals surface area contributed by atoms with E-state index in [9.17, 15) is 4.79 Å². The third-order valence-electron chi connectivity index (χ3n) is 3.59. The van der Waals surface area contributed by atoms with E-state index in [1.807, 2.05) is 42.5 Å². The number of ether oxygens (including phenoxy) is 1. The van der Waals surface area contributed by atoms with E-state index in [1.165, 1.54) is 5.56 Å². The molecule has 1 amide bonds. The van der Waals surface area contributed by atoms with Crippen LogP contribution < -0.4 is 10.1 Å². The summed E-state index contributed by atoms with van der Waals surface area (Å²) in [5.74, 6) is 1.02. The standard InChI is InChI=1S/C17H16BrNO2/c1-10(2)11-3-5-12(6-4-11)16-17(20)19-14-9-13(18)7-8-15(14)21-16/h3-10,16H,1-2H3,(H,19,20). The molecule has 2 aromatic rings. The number of benzene rings is 2. The van der Waals surface area contributed by atoms with E-state index < -0.39 is 6.10 Å². The summed E-state index contributed by atoms with van der Waals surface area (Å²) in [5, 5.41) is 2.89. The van der Waals surface area contributed by atoms with Crippen LogP contribution in [0.2, 0.25) is 0 Å². The lowest BCUT2D eigenvalue weighted by molar-refractivity contribution is -0.123. The van der Waals surface area contributed by atoms with Crippen LogP contribution in [0.4, 0.5) is 5.69 Å². The van der Waals surface area contributed by atoms with E-state index >= 15 is 0 Å². The molecule has 1 unspecified atom stereocenters. The van der Waals surface area contributed by atoms with Gasteiger partial charge in [-0.3, -0.25) is 4.79 Å². The van der Waals surface area contributed by atoms with Crippen LogP contribution in [-0.4, -0.2) is 5.91 Å². The number of rotatable bonds is 2. The number of hydrogen-bond donors (Lipinski definition) is 1. The van der Waals surface area contributed by atoms with Gasteiger partial charge >= 0.3 is 0 Å². The fraction of sp³-hybridized carbons (Fsp3) is 0.235. The lowest BCUT2D eigenvalue weighted by Crippen LogP contribution is -2.30. The molecule has 1 heterocycles. The van der Waals surface area contributed by atoms with Gasteiger partial charge in [0.05, 0.1) is 5.69 Å². The monoisotopic (exact) mass is 345 g/mol. The van der Waals surface area contributed by atoms with Crippen molar-refractivity contribution >= 4 is 27.5 Å². The Bertz CT molecular complexity index is 680. The second-order valence-electron chi connectivity index (χ2n) is 5.45. The Labute approximate surface area is 132 Å². The summed E-state index contributed by atoms with van der Waals surface area (Å²) in [6.07, 6.45) is -0.597. The van der Waals surface area contributed by atoms with Crippen LogP contribution in [0.25, 0.3) is 0 Å². The van der Waals surface area contributed by atoms with Gasteiger partial charge in [-0.05, 0) is 29.7 Å². The Morgan fingerprint density at radius 3 is 2.52 bits per heavy atom. The number of nitrogens with one attached hydrogen (secondary N) is 1. The lowest BCUT2D eigenvalue weighted by Gasteiger charge is -2.26. The van der Waals surface area contributed by atoms with Crippen molar-refractivity contribution in [1.82, 2.24) is 0 Å². The molecule has 0 spiro atoms. The first-order chi connectivity index (χ1) is 10.0. The number of carbonyl (C=O) groups is 1. The van der Waals surface area contributed by atoms with Gasteiger partial charge in [-0.1, -0.05) is 54.0 Å². The zero-order valence-corrected chi connectivity index (χ0v) is 13.5. The highest BCUT2D eigenvalue weighted by atomic mass is 79.9. The van der Waals surface area contributed by atoms with Crippen molar-refractivity contribution in [2.24, 2.45) is 0 Å². The van der Waals surface area contributed by atoms with Crippen molar-refractivity contribution < 1.29 is 9.53 Å². The highest BCUT2D eigenvalue weighted by Gasteiger charge is 2.29. The first-order valence-electron chi connectivity index (χ1n) is 6.91. The quantitative estimate of drug-likeness (QED) is 0.860. The van der Waals surface area contributed by atoms with Gasteiger partial charge in [0.25, 0.3) is 5.91 Å². The molecule has 1 aliphatic heterocycles. The molecule has 3 nitrogen and oxygen atoms in total. The van der Waals surface area contributed by atoms with Crippen molar-refractivity contribution in [2.45, 2.75) is 25.9 Å². The summed E-state index contributed by atoms with van der Waals surface area (Å²) in [7, 11) is 0. The lowest BCUT2D eigenvalue weighted by atomic mass is 9.99. The average Bonchev–Trinajstić information content (AvgIpc) is 2.46. The van der Waals surface area contributed by atoms with Crippen molar-refractivity contribution in [3.05, 3.63) is 58.1 Å². The maximum Gasteiger partial charge on any atom is 0.270 e. The zero-order valence-electron chi connectivity index (χ0n) is 11.9. The summed E-state index contributed by atoms with van der Waals surface area (Å²) in [4.78, 5) is 12.2. The normalized spacial score (nSPS) is 17.1. The molecule has 2 aromatic carbocycles. The fourth-order valence-corrected chi connectivity index (χ4v) is 2.72. The third-order valence-corrected chi connectivity index (χ3v) is 4.08. The minimum atomic E-state index is -0.597. The van der Waals surface area contributed by atoms with Crippen LogP contribution >= 0.6 is 15.9 Å². The maximum atomic E-state index is 12.2. The van der Waals surface area contributed by atoms with Crippen LogP contribution in [0.1, 0.15) is 37.0 Å². The summed E-state index contributed by atoms with van der Waals surface area (Å²) >= 11 is 3.38. The van der Waals surface area contributed by atoms with Gasteiger partial charge in [-0.25, -0.2) is 0 Å². The number of amides is 1. The molecule has 0 aromatic heterocycles. The van der Waals surface area contributed by atoms with Gasteiger partial charge < -0.3 is 10.1 Å². The highest BCUT2D eigenvalue weighted by Crippen LogP contribution is 2.36. The van der Waals surface area contributed by atoms with E-state index in [1.54, 1.807) is 0 Å². The first kappa shape index (κ1) is 14.1. The first-order valence-corrected chi connectivity index (χ1v) is 7.71. The molecule has 4 heteroatoms. The predicted molar refractivity (Wildman–Crippen MR) is 86.7 cm³/mol. The van der Waals surface area contributed by atoms with Gasteiger partial charge in [0.15, 0.2) is 0 Å². The van der Waals surface area contributed by atoms with E-state index in [4.69, 9.17) is 4.74 Å². The van der Waals surface area contributed by atoms with Gasteiger partial charge in [0, 0.05) is 10.0 Å². The van der Waals surface area contributed by atoms with Crippen molar-refractivity contribution in [3.8, 4) is 5.75 Å². The molecule has 0 aliphatic carbocycles. The van der Waals surface area contributed by atoms with Crippen molar-refractivity contribution in [2.75, 3.05) is 5.32 Å². The second-order valence-corrected chi connectivity index (χ2v) is 6.36. The van der Waals surface area contributed by atoms with Crippen LogP contribution in [0.5, 0.6) is 5.75 Å². The Balaban J connectivity index is 1.89. The molecule has 21 heavy (non-hydrogen) atoms. The predicted octanol–water partition coefficient (Wildman–Crippen LogP) is 4.64. The van der Waals surface area contributed by atoms with Gasteiger partial charge in [0.1, 0.15) is 5.75 Å². The molecule has 0 saturated carbocycles. The third kappa shape index (κ3) is 2.81. The Morgan fingerprint density at radius 1 is 1.14 bits per heavy atom.